The predicted molar refractivity (Wildman–Crippen MR) is 38.7 cm³/mol. The first kappa shape index (κ1) is 12.9. The van der Waals surface area contributed by atoms with Crippen LogP contribution in [0.2, 0.25) is 0 Å². The zero-order chi connectivity index (χ0) is 7.65. The van der Waals surface area contributed by atoms with Gasteiger partial charge in [-0.05, 0) is 13.8 Å². The average molecular weight is 205 g/mol. The van der Waals surface area contributed by atoms with E-state index in [1.807, 2.05) is 0 Å². The number of aliphatic carboxylic acids is 1. The van der Waals surface area contributed by atoms with E-state index in [2.05, 4.69) is 12.6 Å². The van der Waals surface area contributed by atoms with Gasteiger partial charge in [0.15, 0.2) is 0 Å². The van der Waals surface area contributed by atoms with E-state index in [4.69, 9.17) is 10.8 Å². The van der Waals surface area contributed by atoms with Gasteiger partial charge in [-0.3, -0.25) is 4.79 Å². The normalized spacial score (nSPS) is 13.6. The first-order chi connectivity index (χ1) is 3.85. The minimum Gasteiger partial charge on any atom is -0.480 e. The maximum atomic E-state index is 10.2. The van der Waals surface area contributed by atoms with Crippen LogP contribution in [-0.2, 0) is 21.9 Å². The maximum absolute atomic E-state index is 10.2. The SMILES string of the molecule is CC(C)(S)[C@@H](N)C(=O)O.[Fe]. The van der Waals surface area contributed by atoms with Crippen LogP contribution in [-0.4, -0.2) is 21.9 Å². The Hall–Kier alpha value is 0.299. The van der Waals surface area contributed by atoms with Crippen molar-refractivity contribution in [3.05, 3.63) is 0 Å². The van der Waals surface area contributed by atoms with Gasteiger partial charge in [0.1, 0.15) is 6.04 Å². The second kappa shape index (κ2) is 4.23. The third-order valence-electron chi connectivity index (χ3n) is 1.03. The molecule has 5 heteroatoms. The average Bonchev–Trinajstić information content (AvgIpc) is 1.62. The van der Waals surface area contributed by atoms with Crippen LogP contribution in [0.1, 0.15) is 13.8 Å². The Labute approximate surface area is 76.2 Å². The Bertz CT molecular complexity index is 123. The van der Waals surface area contributed by atoms with Crippen LogP contribution in [0, 0.1) is 0 Å². The molecule has 0 spiro atoms. The fraction of sp³-hybridized carbons (Fsp3) is 0.800. The number of rotatable bonds is 2. The molecule has 0 radical (unpaired) electrons. The Kier molecular flexibility index (Phi) is 5.48. The van der Waals surface area contributed by atoms with Crippen LogP contribution in [0.5, 0.6) is 0 Å². The van der Waals surface area contributed by atoms with E-state index in [1.165, 1.54) is 0 Å². The van der Waals surface area contributed by atoms with Crippen molar-refractivity contribution in [2.24, 2.45) is 5.73 Å². The summed E-state index contributed by atoms with van der Waals surface area (Å²) in [6.45, 7) is 3.32. The summed E-state index contributed by atoms with van der Waals surface area (Å²) < 4.78 is -0.647. The summed E-state index contributed by atoms with van der Waals surface area (Å²) in [7, 11) is 0. The summed E-state index contributed by atoms with van der Waals surface area (Å²) in [5, 5.41) is 8.34. The maximum Gasteiger partial charge on any atom is 0.321 e. The first-order valence-electron chi connectivity index (χ1n) is 2.56. The molecular weight excluding hydrogens is 194 g/mol. The Morgan fingerprint density at radius 3 is 2.00 bits per heavy atom. The van der Waals surface area contributed by atoms with Crippen molar-refractivity contribution in [3.63, 3.8) is 0 Å². The molecule has 0 aliphatic heterocycles. The summed E-state index contributed by atoms with van der Waals surface area (Å²) in [5.41, 5.74) is 5.22. The standard InChI is InChI=1S/C5H11NO2S.Fe/c1-5(2,9)3(6)4(7)8;/h3,9H,6H2,1-2H3,(H,7,8);/t3-;/m0./s1. The van der Waals surface area contributed by atoms with Gasteiger partial charge in [0.2, 0.25) is 0 Å². The first-order valence-corrected chi connectivity index (χ1v) is 3.01. The number of hydrogen-bond acceptors (Lipinski definition) is 3. The molecule has 0 aromatic carbocycles. The molecule has 10 heavy (non-hydrogen) atoms. The van der Waals surface area contributed by atoms with E-state index >= 15 is 0 Å². The third kappa shape index (κ3) is 4.17. The van der Waals surface area contributed by atoms with Gasteiger partial charge in [-0.1, -0.05) is 0 Å². The number of hydrogen-bond donors (Lipinski definition) is 3. The van der Waals surface area contributed by atoms with Crippen LogP contribution in [0.4, 0.5) is 0 Å². The Morgan fingerprint density at radius 2 is 2.00 bits per heavy atom. The molecule has 0 unspecified atom stereocenters. The van der Waals surface area contributed by atoms with Crippen molar-refractivity contribution in [1.29, 1.82) is 0 Å². The summed E-state index contributed by atoms with van der Waals surface area (Å²) in [4.78, 5) is 10.2. The number of carboxylic acids is 1. The van der Waals surface area contributed by atoms with Crippen molar-refractivity contribution >= 4 is 18.6 Å². The Morgan fingerprint density at radius 1 is 1.70 bits per heavy atom. The minimum absolute atomic E-state index is 0. The zero-order valence-corrected chi connectivity index (χ0v) is 7.81. The van der Waals surface area contributed by atoms with Gasteiger partial charge in [0, 0.05) is 21.8 Å². The molecule has 0 amide bonds. The van der Waals surface area contributed by atoms with Crippen molar-refractivity contribution in [1.82, 2.24) is 0 Å². The number of carbonyl (C=O) groups is 1. The van der Waals surface area contributed by atoms with E-state index < -0.39 is 16.8 Å². The summed E-state index contributed by atoms with van der Waals surface area (Å²) in [6.07, 6.45) is 0. The number of carboxylic acid groups (broad SMARTS) is 1. The zero-order valence-electron chi connectivity index (χ0n) is 5.81. The molecule has 1 atom stereocenters. The fourth-order valence-corrected chi connectivity index (χ4v) is 0.413. The van der Waals surface area contributed by atoms with E-state index in [9.17, 15) is 4.79 Å². The number of thiol groups is 1. The van der Waals surface area contributed by atoms with Crippen molar-refractivity contribution in [2.45, 2.75) is 24.6 Å². The Balaban J connectivity index is 0. The number of nitrogens with two attached hydrogens (primary N) is 1. The van der Waals surface area contributed by atoms with Crippen LogP contribution in [0.3, 0.4) is 0 Å². The van der Waals surface area contributed by atoms with Gasteiger partial charge >= 0.3 is 5.97 Å². The van der Waals surface area contributed by atoms with Crippen molar-refractivity contribution in [3.8, 4) is 0 Å². The topological polar surface area (TPSA) is 63.3 Å². The molecule has 0 aromatic rings. The molecule has 0 aliphatic carbocycles. The molecule has 0 saturated heterocycles. The molecule has 0 aliphatic rings. The molecule has 0 bridgehead atoms. The summed E-state index contributed by atoms with van der Waals surface area (Å²) >= 11 is 3.98. The van der Waals surface area contributed by atoms with Gasteiger partial charge in [0.25, 0.3) is 0 Å². The van der Waals surface area contributed by atoms with Crippen LogP contribution >= 0.6 is 12.6 Å². The van der Waals surface area contributed by atoms with Crippen LogP contribution < -0.4 is 5.73 Å². The summed E-state index contributed by atoms with van der Waals surface area (Å²) in [6, 6.07) is -0.902. The molecule has 3 nitrogen and oxygen atoms in total. The quantitative estimate of drug-likeness (QED) is 0.442. The smallest absolute Gasteiger partial charge is 0.321 e. The second-order valence-electron chi connectivity index (χ2n) is 2.47. The van der Waals surface area contributed by atoms with Crippen LogP contribution in [0.15, 0.2) is 0 Å². The summed E-state index contributed by atoms with van der Waals surface area (Å²) in [5.74, 6) is -1.02. The van der Waals surface area contributed by atoms with Crippen molar-refractivity contribution in [2.75, 3.05) is 0 Å². The molecule has 0 aromatic heterocycles. The van der Waals surface area contributed by atoms with E-state index in [-0.39, 0.29) is 17.1 Å². The fourth-order valence-electron chi connectivity index (χ4n) is 0.302. The molecule has 0 fully saturated rings. The predicted octanol–water partition coefficient (Wildman–Crippen LogP) is 0.104. The molecule has 0 heterocycles. The van der Waals surface area contributed by atoms with Gasteiger partial charge in [-0.15, -0.1) is 0 Å². The van der Waals surface area contributed by atoms with Gasteiger partial charge in [-0.25, -0.2) is 0 Å². The van der Waals surface area contributed by atoms with E-state index in [0.29, 0.717) is 0 Å². The largest absolute Gasteiger partial charge is 0.480 e. The van der Waals surface area contributed by atoms with E-state index in [0.717, 1.165) is 0 Å². The van der Waals surface area contributed by atoms with Crippen molar-refractivity contribution < 1.29 is 27.0 Å². The molecular formula is C5H11FeNO2S. The molecule has 0 rings (SSSR count). The van der Waals surface area contributed by atoms with Gasteiger partial charge < -0.3 is 10.8 Å². The van der Waals surface area contributed by atoms with Gasteiger partial charge in [-0.2, -0.15) is 12.6 Å². The van der Waals surface area contributed by atoms with Crippen LogP contribution in [0.25, 0.3) is 0 Å². The molecule has 0 saturated carbocycles. The molecule has 3 N–H and O–H groups in total. The minimum atomic E-state index is -1.02. The van der Waals surface area contributed by atoms with Gasteiger partial charge in [0.05, 0.1) is 0 Å². The van der Waals surface area contributed by atoms with E-state index in [1.54, 1.807) is 13.8 Å². The second-order valence-corrected chi connectivity index (χ2v) is 3.62. The monoisotopic (exact) mass is 205 g/mol. The third-order valence-corrected chi connectivity index (χ3v) is 1.31. The molecule has 62 valence electrons.